The molecule has 0 atom stereocenters. The van der Waals surface area contributed by atoms with Gasteiger partial charge >= 0.3 is 11.9 Å². The minimum absolute atomic E-state index is 0.0104. The van der Waals surface area contributed by atoms with E-state index in [1.165, 1.54) is 108 Å². The number of nitrogens with zero attached hydrogens (tertiary/aromatic N) is 1. The number of unbranched alkanes of at least 4 members (excludes halogenated alkanes) is 16. The van der Waals surface area contributed by atoms with Gasteiger partial charge in [-0.3, -0.25) is 19.7 Å². The molecule has 0 heterocycles. The van der Waals surface area contributed by atoms with Crippen LogP contribution in [0.4, 0.5) is 5.69 Å². The zero-order valence-corrected chi connectivity index (χ0v) is 23.4. The van der Waals surface area contributed by atoms with Crippen molar-refractivity contribution in [2.45, 2.75) is 142 Å². The van der Waals surface area contributed by atoms with Gasteiger partial charge in [-0.1, -0.05) is 117 Å². The number of nitro groups is 1. The first kappa shape index (κ1) is 34.6. The molecule has 0 bridgehead atoms. The van der Waals surface area contributed by atoms with Crippen LogP contribution in [-0.4, -0.2) is 22.0 Å². The molecule has 0 aromatic heterocycles. The fourth-order valence-corrected chi connectivity index (χ4v) is 3.99. The van der Waals surface area contributed by atoms with Crippen LogP contribution in [0.15, 0.2) is 24.3 Å². The van der Waals surface area contributed by atoms with Crippen LogP contribution in [0.1, 0.15) is 142 Å². The smallest absolute Gasteiger partial charge is 0.311 e. The lowest BCUT2D eigenvalue weighted by atomic mass is 10.1. The lowest BCUT2D eigenvalue weighted by molar-refractivity contribution is -0.384. The maximum absolute atomic E-state index is 11.7. The molecule has 1 N–H and O–H groups in total. The lowest BCUT2D eigenvalue weighted by Gasteiger charge is -2.04. The van der Waals surface area contributed by atoms with Crippen molar-refractivity contribution in [3.63, 3.8) is 0 Å². The maximum atomic E-state index is 11.7. The van der Waals surface area contributed by atoms with Gasteiger partial charge in [-0.05, 0) is 25.0 Å². The molecule has 1 aromatic rings. The van der Waals surface area contributed by atoms with Crippen molar-refractivity contribution >= 4 is 17.6 Å². The van der Waals surface area contributed by atoms with Gasteiger partial charge in [0.15, 0.2) is 0 Å². The summed E-state index contributed by atoms with van der Waals surface area (Å²) < 4.78 is 5.16. The molecular formula is C30H51NO6. The molecule has 0 spiro atoms. The molecule has 0 amide bonds. The van der Waals surface area contributed by atoms with Gasteiger partial charge < -0.3 is 9.84 Å². The maximum Gasteiger partial charge on any atom is 0.311 e. The second kappa shape index (κ2) is 25.2. The van der Waals surface area contributed by atoms with E-state index in [4.69, 9.17) is 9.84 Å². The van der Waals surface area contributed by atoms with Crippen LogP contribution in [0.2, 0.25) is 0 Å². The van der Waals surface area contributed by atoms with Crippen molar-refractivity contribution in [3.05, 3.63) is 34.4 Å². The molecule has 37 heavy (non-hydrogen) atoms. The van der Waals surface area contributed by atoms with E-state index in [0.29, 0.717) is 18.6 Å². The predicted molar refractivity (Wildman–Crippen MR) is 150 cm³/mol. The lowest BCUT2D eigenvalue weighted by Crippen LogP contribution is -2.07. The summed E-state index contributed by atoms with van der Waals surface area (Å²) in [5, 5.41) is 18.9. The first-order valence-corrected chi connectivity index (χ1v) is 14.6. The van der Waals surface area contributed by atoms with Gasteiger partial charge in [0.1, 0.15) is 5.75 Å². The monoisotopic (exact) mass is 521 g/mol. The number of esters is 1. The minimum atomic E-state index is -0.659. The Morgan fingerprint density at radius 3 is 1.43 bits per heavy atom. The number of rotatable bonds is 22. The van der Waals surface area contributed by atoms with Crippen LogP contribution in [0.25, 0.3) is 0 Å². The van der Waals surface area contributed by atoms with E-state index in [1.54, 1.807) is 0 Å². The fraction of sp³-hybridized carbons (Fsp3) is 0.733. The second-order valence-corrected chi connectivity index (χ2v) is 9.78. The van der Waals surface area contributed by atoms with Crippen LogP contribution in [-0.2, 0) is 9.59 Å². The van der Waals surface area contributed by atoms with Crippen LogP contribution in [0.3, 0.4) is 0 Å². The Balaban J connectivity index is 0.000000795. The Bertz CT molecular complexity index is 705. The van der Waals surface area contributed by atoms with E-state index in [0.717, 1.165) is 32.1 Å². The van der Waals surface area contributed by atoms with E-state index in [-0.39, 0.29) is 11.7 Å². The number of ether oxygens (including phenoxy) is 1. The number of carbonyl (C=O) groups is 2. The first-order valence-electron chi connectivity index (χ1n) is 14.6. The van der Waals surface area contributed by atoms with Crippen molar-refractivity contribution in [2.24, 2.45) is 0 Å². The van der Waals surface area contributed by atoms with Crippen molar-refractivity contribution in [3.8, 4) is 5.75 Å². The topological polar surface area (TPSA) is 107 Å². The van der Waals surface area contributed by atoms with Gasteiger partial charge in [-0.25, -0.2) is 0 Å². The number of benzene rings is 1. The molecule has 0 saturated heterocycles. The molecule has 1 rings (SSSR count). The number of carboxylic acid groups (broad SMARTS) is 1. The van der Waals surface area contributed by atoms with Gasteiger partial charge in [-0.2, -0.15) is 0 Å². The third-order valence-corrected chi connectivity index (χ3v) is 6.26. The molecule has 212 valence electrons. The minimum Gasteiger partial charge on any atom is -0.481 e. The van der Waals surface area contributed by atoms with E-state index < -0.39 is 10.9 Å². The summed E-state index contributed by atoms with van der Waals surface area (Å²) in [4.78, 5) is 31.9. The zero-order chi connectivity index (χ0) is 27.6. The number of aliphatic carboxylic acids is 1. The highest BCUT2D eigenvalue weighted by molar-refractivity contribution is 5.72. The third-order valence-electron chi connectivity index (χ3n) is 6.26. The Hall–Kier alpha value is -2.44. The fourth-order valence-electron chi connectivity index (χ4n) is 3.99. The summed E-state index contributed by atoms with van der Waals surface area (Å²) in [6.45, 7) is 4.45. The Labute approximate surface area is 224 Å². The Morgan fingerprint density at radius 1 is 0.676 bits per heavy atom. The van der Waals surface area contributed by atoms with Crippen LogP contribution < -0.4 is 4.74 Å². The molecular weight excluding hydrogens is 470 g/mol. The predicted octanol–water partition coefficient (Wildman–Crippen LogP) is 9.41. The standard InChI is InChI=1S/C18H27NO4.C12H24O2/c1-2-3-4-5-6-7-8-9-10-11-18(20)23-17-14-12-16(13-15-17)19(21)22;1-2-3-4-5-6-7-8-9-10-11-12(13)14/h12-15H,2-11H2,1H3;2-11H2,1H3,(H,13,14). The summed E-state index contributed by atoms with van der Waals surface area (Å²) >= 11 is 0. The molecule has 1 aromatic carbocycles. The van der Waals surface area contributed by atoms with E-state index in [9.17, 15) is 19.7 Å². The van der Waals surface area contributed by atoms with Crippen molar-refractivity contribution in [1.82, 2.24) is 0 Å². The molecule has 0 aliphatic rings. The molecule has 0 radical (unpaired) electrons. The average Bonchev–Trinajstić information content (AvgIpc) is 2.87. The summed E-state index contributed by atoms with van der Waals surface area (Å²) in [6, 6.07) is 5.57. The molecule has 0 aliphatic carbocycles. The number of hydrogen-bond acceptors (Lipinski definition) is 5. The molecule has 0 aliphatic heterocycles. The molecule has 0 unspecified atom stereocenters. The Morgan fingerprint density at radius 2 is 1.05 bits per heavy atom. The highest BCUT2D eigenvalue weighted by Crippen LogP contribution is 2.18. The van der Waals surface area contributed by atoms with E-state index in [1.807, 2.05) is 0 Å². The second-order valence-electron chi connectivity index (χ2n) is 9.78. The van der Waals surface area contributed by atoms with Crippen LogP contribution >= 0.6 is 0 Å². The molecule has 7 nitrogen and oxygen atoms in total. The molecule has 0 saturated carbocycles. The third kappa shape index (κ3) is 23.7. The molecule has 7 heteroatoms. The van der Waals surface area contributed by atoms with Gasteiger partial charge in [0.2, 0.25) is 0 Å². The van der Waals surface area contributed by atoms with Crippen molar-refractivity contribution in [1.29, 1.82) is 0 Å². The van der Waals surface area contributed by atoms with Crippen molar-refractivity contribution in [2.75, 3.05) is 0 Å². The van der Waals surface area contributed by atoms with E-state index >= 15 is 0 Å². The number of nitro benzene ring substituents is 1. The average molecular weight is 522 g/mol. The van der Waals surface area contributed by atoms with Gasteiger partial charge in [0.05, 0.1) is 4.92 Å². The van der Waals surface area contributed by atoms with Crippen LogP contribution in [0, 0.1) is 10.1 Å². The van der Waals surface area contributed by atoms with E-state index in [2.05, 4.69) is 13.8 Å². The van der Waals surface area contributed by atoms with Crippen LogP contribution in [0.5, 0.6) is 5.75 Å². The SMILES string of the molecule is CCCCCCCCCCCC(=O)O.CCCCCCCCCCCC(=O)Oc1ccc([N+](=O)[O-])cc1. The summed E-state index contributed by atoms with van der Waals surface area (Å²) in [5.41, 5.74) is -0.0104. The van der Waals surface area contributed by atoms with Gasteiger partial charge in [0, 0.05) is 25.0 Å². The van der Waals surface area contributed by atoms with Gasteiger partial charge in [-0.15, -0.1) is 0 Å². The quantitative estimate of drug-likeness (QED) is 0.0535. The highest BCUT2D eigenvalue weighted by atomic mass is 16.6. The normalized spacial score (nSPS) is 10.4. The zero-order valence-electron chi connectivity index (χ0n) is 23.4. The number of carbonyl (C=O) groups excluding carboxylic acids is 1. The number of hydrogen-bond donors (Lipinski definition) is 1. The number of non-ortho nitro benzene ring substituents is 1. The first-order chi connectivity index (χ1) is 17.9. The largest absolute Gasteiger partial charge is 0.481 e. The van der Waals surface area contributed by atoms with Gasteiger partial charge in [0.25, 0.3) is 5.69 Å². The number of carboxylic acids is 1. The summed E-state index contributed by atoms with van der Waals surface area (Å²) in [6.07, 6.45) is 22.7. The summed E-state index contributed by atoms with van der Waals surface area (Å²) in [5.74, 6) is -0.578. The molecule has 0 fully saturated rings. The summed E-state index contributed by atoms with van der Waals surface area (Å²) in [7, 11) is 0. The highest BCUT2D eigenvalue weighted by Gasteiger charge is 2.08. The Kier molecular flexibility index (Phi) is 23.6. The van der Waals surface area contributed by atoms with Crippen molar-refractivity contribution < 1.29 is 24.4 Å².